The molecule has 2 aromatic rings. The first-order chi connectivity index (χ1) is 8.75. The lowest BCUT2D eigenvalue weighted by Gasteiger charge is -2.15. The fourth-order valence-electron chi connectivity index (χ4n) is 2.25. The first kappa shape index (κ1) is 11.4. The van der Waals surface area contributed by atoms with E-state index in [1.54, 1.807) is 0 Å². The molecule has 2 aromatic heterocycles. The van der Waals surface area contributed by atoms with E-state index in [2.05, 4.69) is 10.1 Å². The van der Waals surface area contributed by atoms with Gasteiger partial charge < -0.3 is 9.42 Å². The first-order valence-electron chi connectivity index (χ1n) is 5.85. The molecule has 94 valence electrons. The lowest BCUT2D eigenvalue weighted by molar-refractivity contribution is 0.0794. The van der Waals surface area contributed by atoms with E-state index in [1.165, 1.54) is 17.7 Å². The molecule has 1 amide bonds. The number of rotatable bonds is 2. The number of thiophene rings is 1. The van der Waals surface area contributed by atoms with E-state index >= 15 is 0 Å². The molecule has 0 unspecified atom stereocenters. The molecule has 0 radical (unpaired) electrons. The van der Waals surface area contributed by atoms with Crippen LogP contribution in [-0.2, 0) is 0 Å². The van der Waals surface area contributed by atoms with Gasteiger partial charge >= 0.3 is 0 Å². The summed E-state index contributed by atoms with van der Waals surface area (Å²) in [5, 5.41) is 5.80. The topological polar surface area (TPSA) is 59.2 Å². The van der Waals surface area contributed by atoms with Crippen molar-refractivity contribution in [1.82, 2.24) is 15.0 Å². The third-order valence-corrected chi connectivity index (χ3v) is 4.28. The molecule has 0 N–H and O–H groups in total. The lowest BCUT2D eigenvalue weighted by Crippen LogP contribution is -2.28. The molecule has 3 rings (SSSR count). The largest absolute Gasteiger partial charge is 0.343 e. The number of aryl methyl sites for hydroxylation is 1. The number of likely N-dealkylation sites (tertiary alicyclic amines) is 1. The third kappa shape index (κ3) is 1.92. The smallest absolute Gasteiger partial charge is 0.264 e. The monoisotopic (exact) mass is 263 g/mol. The van der Waals surface area contributed by atoms with E-state index in [-0.39, 0.29) is 11.8 Å². The van der Waals surface area contributed by atoms with E-state index < -0.39 is 0 Å². The number of amides is 1. The summed E-state index contributed by atoms with van der Waals surface area (Å²) in [6.07, 6.45) is 2.24. The molecule has 5 nitrogen and oxygen atoms in total. The molecule has 6 heteroatoms. The highest BCUT2D eigenvalue weighted by molar-refractivity contribution is 7.12. The second-order valence-corrected chi connectivity index (χ2v) is 5.38. The van der Waals surface area contributed by atoms with E-state index in [0.29, 0.717) is 12.4 Å². The number of carbonyl (C=O) groups is 1. The van der Waals surface area contributed by atoms with Gasteiger partial charge in [0.2, 0.25) is 6.39 Å². The molecule has 1 saturated heterocycles. The second kappa shape index (κ2) is 4.53. The Balaban J connectivity index is 1.73. The first-order valence-corrected chi connectivity index (χ1v) is 6.73. The van der Waals surface area contributed by atoms with Crippen molar-refractivity contribution < 1.29 is 9.32 Å². The van der Waals surface area contributed by atoms with Gasteiger partial charge in [0.15, 0.2) is 5.82 Å². The van der Waals surface area contributed by atoms with Crippen LogP contribution in [0.1, 0.15) is 33.4 Å². The van der Waals surface area contributed by atoms with Gasteiger partial charge in [0, 0.05) is 19.0 Å². The highest BCUT2D eigenvalue weighted by Crippen LogP contribution is 2.27. The average molecular weight is 263 g/mol. The van der Waals surface area contributed by atoms with Gasteiger partial charge in [-0.1, -0.05) is 5.16 Å². The van der Waals surface area contributed by atoms with Crippen molar-refractivity contribution in [2.24, 2.45) is 0 Å². The standard InChI is InChI=1S/C12H13N3O2S/c1-8-3-5-18-10(8)12(16)15-4-2-9(6-15)11-13-7-17-14-11/h3,5,7,9H,2,4,6H2,1H3/t9-/m1/s1. The van der Waals surface area contributed by atoms with Gasteiger partial charge in [-0.2, -0.15) is 4.98 Å². The van der Waals surface area contributed by atoms with Gasteiger partial charge in [-0.05, 0) is 30.4 Å². The number of nitrogens with zero attached hydrogens (tertiary/aromatic N) is 3. The van der Waals surface area contributed by atoms with Crippen LogP contribution in [0, 0.1) is 6.92 Å². The minimum absolute atomic E-state index is 0.119. The summed E-state index contributed by atoms with van der Waals surface area (Å²) in [6.45, 7) is 3.40. The summed E-state index contributed by atoms with van der Waals surface area (Å²) in [7, 11) is 0. The summed E-state index contributed by atoms with van der Waals surface area (Å²) >= 11 is 1.50. The van der Waals surface area contributed by atoms with Crippen molar-refractivity contribution in [1.29, 1.82) is 0 Å². The van der Waals surface area contributed by atoms with Gasteiger partial charge in [0.05, 0.1) is 4.88 Å². The Morgan fingerprint density at radius 1 is 1.61 bits per heavy atom. The van der Waals surface area contributed by atoms with Crippen LogP contribution in [0.2, 0.25) is 0 Å². The molecule has 1 atom stereocenters. The van der Waals surface area contributed by atoms with Crippen molar-refractivity contribution in [3.8, 4) is 0 Å². The van der Waals surface area contributed by atoms with Gasteiger partial charge in [0.1, 0.15) is 0 Å². The van der Waals surface area contributed by atoms with E-state index in [9.17, 15) is 4.79 Å². The van der Waals surface area contributed by atoms with Gasteiger partial charge in [0.25, 0.3) is 5.91 Å². The minimum atomic E-state index is 0.119. The van der Waals surface area contributed by atoms with Gasteiger partial charge in [-0.3, -0.25) is 4.79 Å². The van der Waals surface area contributed by atoms with Crippen LogP contribution >= 0.6 is 11.3 Å². The normalized spacial score (nSPS) is 19.4. The van der Waals surface area contributed by atoms with Crippen molar-refractivity contribution in [2.45, 2.75) is 19.3 Å². The maximum atomic E-state index is 12.3. The molecule has 1 fully saturated rings. The molecular weight excluding hydrogens is 250 g/mol. The van der Waals surface area contributed by atoms with E-state index in [0.717, 1.165) is 23.4 Å². The Labute approximate surface area is 108 Å². The molecule has 3 heterocycles. The molecule has 0 saturated carbocycles. The maximum absolute atomic E-state index is 12.3. The zero-order valence-electron chi connectivity index (χ0n) is 10.00. The summed E-state index contributed by atoms with van der Waals surface area (Å²) in [6, 6.07) is 1.98. The number of carbonyl (C=O) groups excluding carboxylic acids is 1. The summed E-state index contributed by atoms with van der Waals surface area (Å²) in [5.74, 6) is 1.02. The zero-order chi connectivity index (χ0) is 12.5. The van der Waals surface area contributed by atoms with Gasteiger partial charge in [-0.25, -0.2) is 0 Å². The Morgan fingerprint density at radius 3 is 3.17 bits per heavy atom. The fourth-order valence-corrected chi connectivity index (χ4v) is 3.14. The molecule has 0 aliphatic carbocycles. The highest BCUT2D eigenvalue weighted by atomic mass is 32.1. The molecule has 1 aliphatic rings. The molecule has 0 bridgehead atoms. The second-order valence-electron chi connectivity index (χ2n) is 4.46. The Kier molecular flexibility index (Phi) is 2.87. The molecule has 1 aliphatic heterocycles. The Hall–Kier alpha value is -1.69. The fraction of sp³-hybridized carbons (Fsp3) is 0.417. The lowest BCUT2D eigenvalue weighted by atomic mass is 10.1. The predicted molar refractivity (Wildman–Crippen MR) is 66.6 cm³/mol. The predicted octanol–water partition coefficient (Wildman–Crippen LogP) is 2.07. The van der Waals surface area contributed by atoms with Crippen LogP contribution in [0.4, 0.5) is 0 Å². The summed E-state index contributed by atoms with van der Waals surface area (Å²) < 4.78 is 4.75. The number of hydrogen-bond donors (Lipinski definition) is 0. The van der Waals surface area contributed by atoms with Crippen molar-refractivity contribution in [3.63, 3.8) is 0 Å². The van der Waals surface area contributed by atoms with E-state index in [1.807, 2.05) is 23.3 Å². The molecule has 0 spiro atoms. The molecule has 18 heavy (non-hydrogen) atoms. The summed E-state index contributed by atoms with van der Waals surface area (Å²) in [5.41, 5.74) is 1.05. The van der Waals surface area contributed by atoms with Crippen molar-refractivity contribution >= 4 is 17.2 Å². The minimum Gasteiger partial charge on any atom is -0.343 e. The molecule has 0 aromatic carbocycles. The third-order valence-electron chi connectivity index (χ3n) is 3.28. The van der Waals surface area contributed by atoms with Crippen LogP contribution in [-0.4, -0.2) is 34.0 Å². The Bertz CT molecular complexity index is 549. The quantitative estimate of drug-likeness (QED) is 0.832. The average Bonchev–Trinajstić information content (AvgIpc) is 3.09. The maximum Gasteiger partial charge on any atom is 0.264 e. The van der Waals surface area contributed by atoms with Crippen molar-refractivity contribution in [2.75, 3.05) is 13.1 Å². The molecular formula is C12H13N3O2S. The van der Waals surface area contributed by atoms with E-state index in [4.69, 9.17) is 4.52 Å². The van der Waals surface area contributed by atoms with Crippen LogP contribution in [0.3, 0.4) is 0 Å². The zero-order valence-corrected chi connectivity index (χ0v) is 10.8. The number of aromatic nitrogens is 2. The number of hydrogen-bond acceptors (Lipinski definition) is 5. The van der Waals surface area contributed by atoms with Crippen LogP contribution in [0.15, 0.2) is 22.4 Å². The van der Waals surface area contributed by atoms with Crippen LogP contribution in [0.5, 0.6) is 0 Å². The van der Waals surface area contributed by atoms with Crippen molar-refractivity contribution in [3.05, 3.63) is 34.1 Å². The Morgan fingerprint density at radius 2 is 2.50 bits per heavy atom. The van der Waals surface area contributed by atoms with Crippen LogP contribution in [0.25, 0.3) is 0 Å². The highest BCUT2D eigenvalue weighted by Gasteiger charge is 2.31. The SMILES string of the molecule is Cc1ccsc1C(=O)N1CC[C@@H](c2ncon2)C1. The van der Waals surface area contributed by atoms with Gasteiger partial charge in [-0.15, -0.1) is 11.3 Å². The summed E-state index contributed by atoms with van der Waals surface area (Å²) in [4.78, 5) is 19.1. The van der Waals surface area contributed by atoms with Crippen LogP contribution < -0.4 is 0 Å².